The molecular weight excluding hydrogens is 301 g/mol. The van der Waals surface area contributed by atoms with Gasteiger partial charge in [-0.3, -0.25) is 4.79 Å². The number of amides is 1. The molecule has 0 aliphatic carbocycles. The average Bonchev–Trinajstić information content (AvgIpc) is 2.49. The van der Waals surface area contributed by atoms with Crippen molar-refractivity contribution in [3.05, 3.63) is 0 Å². The number of unbranched alkanes of at least 4 members (excludes halogenated alkanes) is 12. The van der Waals surface area contributed by atoms with Gasteiger partial charge in [0.1, 0.15) is 0 Å². The van der Waals surface area contributed by atoms with Crippen molar-refractivity contribution < 1.29 is 44.3 Å². The Morgan fingerprint density at radius 2 is 1.13 bits per heavy atom. The zero-order valence-electron chi connectivity index (χ0n) is 15.3. The first kappa shape index (κ1) is 25.2. The maximum Gasteiger partial charge on any atom is 1.00 e. The van der Waals surface area contributed by atoms with E-state index in [4.69, 9.17) is 0 Å². The van der Waals surface area contributed by atoms with Crippen LogP contribution >= 0.6 is 0 Å². The monoisotopic (exact) mass is 335 g/mol. The molecule has 0 fully saturated rings. The summed E-state index contributed by atoms with van der Waals surface area (Å²) in [6, 6.07) is 0. The van der Waals surface area contributed by atoms with Gasteiger partial charge in [0.25, 0.3) is 0 Å². The van der Waals surface area contributed by atoms with Gasteiger partial charge in [0.15, 0.2) is 0 Å². The third-order valence-electron chi connectivity index (χ3n) is 3.94. The molecule has 0 atom stereocenters. The number of hydrogen-bond donors (Lipinski definition) is 1. The quantitative estimate of drug-likeness (QED) is 0.327. The van der Waals surface area contributed by atoms with Crippen molar-refractivity contribution in [3.8, 4) is 0 Å². The van der Waals surface area contributed by atoms with E-state index in [1.807, 2.05) is 0 Å². The Labute approximate surface area is 164 Å². The summed E-state index contributed by atoms with van der Waals surface area (Å²) in [6.07, 6.45) is 17.0. The molecule has 4 nitrogen and oxygen atoms in total. The number of carbonyl (C=O) groups excluding carboxylic acids is 2. The van der Waals surface area contributed by atoms with E-state index in [9.17, 15) is 14.7 Å². The smallest absolute Gasteiger partial charge is 0.548 e. The molecule has 0 aliphatic heterocycles. The normalized spacial score (nSPS) is 10.1. The number of rotatable bonds is 16. The van der Waals surface area contributed by atoms with Gasteiger partial charge in [0, 0.05) is 6.42 Å². The fourth-order valence-electron chi connectivity index (χ4n) is 2.56. The van der Waals surface area contributed by atoms with E-state index in [1.165, 1.54) is 70.6 Å². The number of carboxylic acid groups (broad SMARTS) is 1. The molecule has 0 heterocycles. The van der Waals surface area contributed by atoms with E-state index < -0.39 is 5.97 Å². The van der Waals surface area contributed by atoms with Gasteiger partial charge in [0.2, 0.25) is 5.91 Å². The molecule has 0 aromatic rings. The van der Waals surface area contributed by atoms with Crippen molar-refractivity contribution in [1.29, 1.82) is 0 Å². The summed E-state index contributed by atoms with van der Waals surface area (Å²) in [4.78, 5) is 21.4. The van der Waals surface area contributed by atoms with Gasteiger partial charge in [0.05, 0.1) is 12.5 Å². The summed E-state index contributed by atoms with van der Waals surface area (Å²) in [5.74, 6) is -1.43. The van der Waals surface area contributed by atoms with Crippen molar-refractivity contribution in [3.63, 3.8) is 0 Å². The summed E-state index contributed by atoms with van der Waals surface area (Å²) in [5.41, 5.74) is 0. The van der Waals surface area contributed by atoms with Crippen LogP contribution in [0.2, 0.25) is 0 Å². The third-order valence-corrected chi connectivity index (χ3v) is 3.94. The van der Waals surface area contributed by atoms with E-state index in [-0.39, 0.29) is 42.0 Å². The van der Waals surface area contributed by atoms with Crippen LogP contribution in [0.4, 0.5) is 0 Å². The minimum Gasteiger partial charge on any atom is -0.548 e. The predicted octanol–water partition coefficient (Wildman–Crippen LogP) is 0.338. The van der Waals surface area contributed by atoms with Crippen molar-refractivity contribution in [2.24, 2.45) is 0 Å². The Balaban J connectivity index is 0. The first-order valence-electron chi connectivity index (χ1n) is 9.13. The molecule has 0 spiro atoms. The van der Waals surface area contributed by atoms with E-state index in [2.05, 4.69) is 12.2 Å². The first-order valence-corrected chi connectivity index (χ1v) is 9.13. The van der Waals surface area contributed by atoms with Gasteiger partial charge in [-0.05, 0) is 6.42 Å². The van der Waals surface area contributed by atoms with Crippen LogP contribution in [0.25, 0.3) is 0 Å². The molecular formula is C18H34NNaO3. The number of hydrogen-bond acceptors (Lipinski definition) is 3. The Bertz CT molecular complexity index is 285. The zero-order chi connectivity index (χ0) is 16.5. The average molecular weight is 335 g/mol. The minimum absolute atomic E-state index is 0. The van der Waals surface area contributed by atoms with Crippen molar-refractivity contribution in [2.75, 3.05) is 6.54 Å². The van der Waals surface area contributed by atoms with Gasteiger partial charge < -0.3 is 15.2 Å². The van der Waals surface area contributed by atoms with E-state index in [1.54, 1.807) is 0 Å². The molecule has 0 bridgehead atoms. The molecule has 0 saturated carbocycles. The molecule has 23 heavy (non-hydrogen) atoms. The van der Waals surface area contributed by atoms with Crippen molar-refractivity contribution in [2.45, 2.75) is 96.8 Å². The van der Waals surface area contributed by atoms with Crippen molar-refractivity contribution >= 4 is 11.9 Å². The second-order valence-corrected chi connectivity index (χ2v) is 6.14. The number of carbonyl (C=O) groups is 2. The second kappa shape index (κ2) is 20.0. The van der Waals surface area contributed by atoms with E-state index in [0.717, 1.165) is 12.8 Å². The maximum absolute atomic E-state index is 11.2. The SMILES string of the molecule is CCCCCCCCCCCCCCCC(=O)NCC(=O)[O-].[Na+]. The topological polar surface area (TPSA) is 69.2 Å². The third kappa shape index (κ3) is 21.9. The van der Waals surface area contributed by atoms with Gasteiger partial charge in [-0.25, -0.2) is 0 Å². The van der Waals surface area contributed by atoms with Crippen LogP contribution in [-0.4, -0.2) is 18.4 Å². The molecule has 0 aromatic carbocycles. The number of carboxylic acids is 1. The Kier molecular flexibility index (Phi) is 21.9. The molecule has 0 aliphatic rings. The van der Waals surface area contributed by atoms with Crippen LogP contribution < -0.4 is 40.0 Å². The Hall–Kier alpha value is -0.0600. The summed E-state index contributed by atoms with van der Waals surface area (Å²) in [7, 11) is 0. The minimum atomic E-state index is -1.24. The number of nitrogens with one attached hydrogen (secondary N) is 1. The molecule has 0 aromatic heterocycles. The zero-order valence-corrected chi connectivity index (χ0v) is 17.3. The van der Waals surface area contributed by atoms with Crippen LogP contribution in [-0.2, 0) is 9.59 Å². The predicted molar refractivity (Wildman–Crippen MR) is 88.3 cm³/mol. The maximum atomic E-state index is 11.2. The van der Waals surface area contributed by atoms with Crippen LogP contribution in [0.1, 0.15) is 96.8 Å². The van der Waals surface area contributed by atoms with Crippen LogP contribution in [0.3, 0.4) is 0 Å². The van der Waals surface area contributed by atoms with Gasteiger partial charge in [-0.2, -0.15) is 0 Å². The summed E-state index contributed by atoms with van der Waals surface area (Å²) in [6.45, 7) is 1.87. The molecule has 0 radical (unpaired) electrons. The summed E-state index contributed by atoms with van der Waals surface area (Å²) >= 11 is 0. The van der Waals surface area contributed by atoms with Crippen LogP contribution in [0.15, 0.2) is 0 Å². The van der Waals surface area contributed by atoms with Gasteiger partial charge in [-0.15, -0.1) is 0 Å². The standard InChI is InChI=1S/C18H35NO3.Na/c1-2-3-4-5-6-7-8-9-10-11-12-13-14-15-17(20)19-16-18(21)22;/h2-16H2,1H3,(H,19,20)(H,21,22);/q;+1/p-1. The van der Waals surface area contributed by atoms with E-state index in [0.29, 0.717) is 6.42 Å². The molecule has 0 rings (SSSR count). The van der Waals surface area contributed by atoms with E-state index >= 15 is 0 Å². The molecule has 1 N–H and O–H groups in total. The summed E-state index contributed by atoms with van der Waals surface area (Å²) < 4.78 is 0. The fraction of sp³-hybridized carbons (Fsp3) is 0.889. The van der Waals surface area contributed by atoms with Crippen LogP contribution in [0, 0.1) is 0 Å². The van der Waals surface area contributed by atoms with Crippen molar-refractivity contribution in [1.82, 2.24) is 5.32 Å². The first-order chi connectivity index (χ1) is 10.7. The Morgan fingerprint density at radius 3 is 1.52 bits per heavy atom. The molecule has 5 heteroatoms. The van der Waals surface area contributed by atoms with Gasteiger partial charge >= 0.3 is 29.6 Å². The molecule has 0 saturated heterocycles. The second-order valence-electron chi connectivity index (χ2n) is 6.14. The number of aliphatic carboxylic acids is 1. The van der Waals surface area contributed by atoms with Gasteiger partial charge in [-0.1, -0.05) is 84.0 Å². The molecule has 0 unspecified atom stereocenters. The summed E-state index contributed by atoms with van der Waals surface area (Å²) in [5, 5.41) is 12.5. The molecule has 1 amide bonds. The Morgan fingerprint density at radius 1 is 0.739 bits per heavy atom. The fourth-order valence-corrected chi connectivity index (χ4v) is 2.56. The van der Waals surface area contributed by atoms with Crippen LogP contribution in [0.5, 0.6) is 0 Å². The largest absolute Gasteiger partial charge is 1.00 e. The molecule has 130 valence electrons.